The van der Waals surface area contributed by atoms with Crippen molar-refractivity contribution in [3.63, 3.8) is 0 Å². The van der Waals surface area contributed by atoms with Gasteiger partial charge in [0.1, 0.15) is 0 Å². The van der Waals surface area contributed by atoms with Crippen molar-refractivity contribution in [2.24, 2.45) is 5.10 Å². The van der Waals surface area contributed by atoms with Crippen LogP contribution in [0.25, 0.3) is 0 Å². The van der Waals surface area contributed by atoms with E-state index in [2.05, 4.69) is 10.5 Å². The van der Waals surface area contributed by atoms with E-state index in [1.807, 2.05) is 0 Å². The topological polar surface area (TPSA) is 24.4 Å². The van der Waals surface area contributed by atoms with E-state index in [0.717, 1.165) is 0 Å². The fourth-order valence-electron chi connectivity index (χ4n) is 1.44. The summed E-state index contributed by atoms with van der Waals surface area (Å²) in [6.07, 6.45) is 0. The molecule has 1 N–H and O–H groups in total. The van der Waals surface area contributed by atoms with Gasteiger partial charge in [0.05, 0.1) is 15.7 Å². The Morgan fingerprint density at radius 1 is 0.900 bits per heavy atom. The summed E-state index contributed by atoms with van der Waals surface area (Å²) in [5.41, 5.74) is 3.82. The van der Waals surface area contributed by atoms with Crippen molar-refractivity contribution in [1.29, 1.82) is 0 Å². The molecule has 104 valence electrons. The minimum Gasteiger partial charge on any atom is -0.274 e. The minimum atomic E-state index is 0.231. The van der Waals surface area contributed by atoms with Crippen molar-refractivity contribution in [1.82, 2.24) is 0 Å². The van der Waals surface area contributed by atoms with Crippen molar-refractivity contribution >= 4 is 68.9 Å². The number of anilines is 1. The molecule has 0 unspecified atom stereocenters. The molecule has 0 aliphatic heterocycles. The van der Waals surface area contributed by atoms with Crippen LogP contribution in [0, 0.1) is 0 Å². The molecule has 0 radical (unpaired) electrons. The van der Waals surface area contributed by atoms with Crippen molar-refractivity contribution < 1.29 is 0 Å². The van der Waals surface area contributed by atoms with Gasteiger partial charge in [0, 0.05) is 15.6 Å². The Labute approximate surface area is 141 Å². The summed E-state index contributed by atoms with van der Waals surface area (Å²) in [6.45, 7) is 0. The van der Waals surface area contributed by atoms with Crippen LogP contribution in [-0.4, -0.2) is 5.17 Å². The second-order valence-corrected chi connectivity index (χ2v) is 5.81. The predicted molar refractivity (Wildman–Crippen MR) is 88.9 cm³/mol. The van der Waals surface area contributed by atoms with Crippen LogP contribution in [0.1, 0.15) is 5.56 Å². The van der Waals surface area contributed by atoms with Gasteiger partial charge in [-0.1, -0.05) is 70.1 Å². The minimum absolute atomic E-state index is 0.231. The Kier molecular flexibility index (Phi) is 5.42. The number of hydrazone groups is 1. The van der Waals surface area contributed by atoms with Gasteiger partial charge in [0.15, 0.2) is 5.17 Å². The molecule has 2 rings (SSSR count). The van der Waals surface area contributed by atoms with Crippen molar-refractivity contribution in [3.8, 4) is 0 Å². The summed E-state index contributed by atoms with van der Waals surface area (Å²) < 4.78 is 0. The van der Waals surface area contributed by atoms with E-state index in [-0.39, 0.29) is 5.17 Å². The molecule has 0 aliphatic carbocycles. The molecule has 0 bridgehead atoms. The highest BCUT2D eigenvalue weighted by Crippen LogP contribution is 2.33. The molecule has 0 saturated heterocycles. The van der Waals surface area contributed by atoms with Crippen LogP contribution >= 0.6 is 58.0 Å². The lowest BCUT2D eigenvalue weighted by Crippen LogP contribution is -1.98. The molecular formula is C13H7Cl5N2. The average Bonchev–Trinajstić information content (AvgIpc) is 2.37. The highest BCUT2D eigenvalue weighted by molar-refractivity contribution is 6.69. The van der Waals surface area contributed by atoms with Crippen molar-refractivity contribution in [3.05, 3.63) is 62.1 Å². The quantitative estimate of drug-likeness (QED) is 0.498. The van der Waals surface area contributed by atoms with Crippen LogP contribution < -0.4 is 5.43 Å². The van der Waals surface area contributed by atoms with E-state index in [1.54, 1.807) is 36.4 Å². The van der Waals surface area contributed by atoms with Crippen molar-refractivity contribution in [2.75, 3.05) is 5.43 Å². The van der Waals surface area contributed by atoms with Crippen LogP contribution in [0.2, 0.25) is 20.1 Å². The van der Waals surface area contributed by atoms with Crippen LogP contribution in [-0.2, 0) is 0 Å². The molecule has 2 nitrogen and oxygen atoms in total. The maximum Gasteiger partial charge on any atom is 0.156 e. The Balaban J connectivity index is 2.25. The van der Waals surface area contributed by atoms with Crippen LogP contribution in [0.5, 0.6) is 0 Å². The zero-order valence-corrected chi connectivity index (χ0v) is 13.6. The third kappa shape index (κ3) is 3.94. The van der Waals surface area contributed by atoms with Gasteiger partial charge < -0.3 is 0 Å². The second-order valence-electron chi connectivity index (χ2n) is 3.77. The molecule has 0 fully saturated rings. The van der Waals surface area contributed by atoms with E-state index in [1.165, 1.54) is 0 Å². The SMILES string of the molecule is Cl/C(=N/Nc1c(Cl)cc(Cl)cc1Cl)c1cccc(Cl)c1. The van der Waals surface area contributed by atoms with Crippen molar-refractivity contribution in [2.45, 2.75) is 0 Å². The number of nitrogens with one attached hydrogen (secondary N) is 1. The molecule has 20 heavy (non-hydrogen) atoms. The lowest BCUT2D eigenvalue weighted by atomic mass is 10.2. The number of benzene rings is 2. The van der Waals surface area contributed by atoms with E-state index in [0.29, 0.717) is 31.3 Å². The van der Waals surface area contributed by atoms with E-state index in [4.69, 9.17) is 58.0 Å². The molecule has 7 heteroatoms. The number of rotatable bonds is 3. The maximum absolute atomic E-state index is 6.08. The summed E-state index contributed by atoms with van der Waals surface area (Å²) >= 11 is 29.8. The molecule has 0 aliphatic rings. The largest absolute Gasteiger partial charge is 0.274 e. The summed E-state index contributed by atoms with van der Waals surface area (Å²) in [6, 6.07) is 10.1. The first kappa shape index (κ1) is 15.7. The third-order valence-electron chi connectivity index (χ3n) is 2.34. The highest BCUT2D eigenvalue weighted by Gasteiger charge is 2.08. The predicted octanol–water partition coefficient (Wildman–Crippen LogP) is 6.31. The molecule has 0 heterocycles. The molecule has 2 aromatic rings. The lowest BCUT2D eigenvalue weighted by molar-refractivity contribution is 1.34. The summed E-state index contributed by atoms with van der Waals surface area (Å²) in [5, 5.41) is 5.96. The second kappa shape index (κ2) is 6.88. The standard InChI is InChI=1S/C13H7Cl5N2/c14-8-3-1-2-7(4-8)13(18)20-19-12-10(16)5-9(15)6-11(12)17/h1-6,19H/b20-13+. The fourth-order valence-corrected chi connectivity index (χ4v) is 2.69. The number of hydrogen-bond donors (Lipinski definition) is 1. The van der Waals surface area contributed by atoms with E-state index < -0.39 is 0 Å². The van der Waals surface area contributed by atoms with Gasteiger partial charge in [-0.05, 0) is 24.3 Å². The highest BCUT2D eigenvalue weighted by atomic mass is 35.5. The normalized spacial score (nSPS) is 11.6. The summed E-state index contributed by atoms with van der Waals surface area (Å²) in [5.74, 6) is 0. The van der Waals surface area contributed by atoms with Gasteiger partial charge in [-0.25, -0.2) is 0 Å². The molecule has 0 atom stereocenters. The summed E-state index contributed by atoms with van der Waals surface area (Å²) in [7, 11) is 0. The first-order valence-electron chi connectivity index (χ1n) is 5.37. The van der Waals surface area contributed by atoms with Gasteiger partial charge in [-0.3, -0.25) is 5.43 Å². The zero-order chi connectivity index (χ0) is 14.7. The van der Waals surface area contributed by atoms with Crippen LogP contribution in [0.15, 0.2) is 41.5 Å². The molecule has 0 aromatic heterocycles. The maximum atomic E-state index is 6.08. The Hall–Kier alpha value is -0.640. The average molecular weight is 368 g/mol. The Morgan fingerprint density at radius 2 is 1.55 bits per heavy atom. The van der Waals surface area contributed by atoms with Crippen LogP contribution in [0.4, 0.5) is 5.69 Å². The zero-order valence-electron chi connectivity index (χ0n) is 9.80. The molecule has 0 amide bonds. The Bertz CT molecular complexity index is 647. The summed E-state index contributed by atoms with van der Waals surface area (Å²) in [4.78, 5) is 0. The molecule has 2 aromatic carbocycles. The van der Waals surface area contributed by atoms with E-state index >= 15 is 0 Å². The molecular weight excluding hydrogens is 361 g/mol. The van der Waals surface area contributed by atoms with Crippen LogP contribution in [0.3, 0.4) is 0 Å². The molecule has 0 spiro atoms. The van der Waals surface area contributed by atoms with Gasteiger partial charge in [0.25, 0.3) is 0 Å². The fraction of sp³-hybridized carbons (Fsp3) is 0. The van der Waals surface area contributed by atoms with Gasteiger partial charge >= 0.3 is 0 Å². The smallest absolute Gasteiger partial charge is 0.156 e. The van der Waals surface area contributed by atoms with Gasteiger partial charge in [0.2, 0.25) is 0 Å². The Morgan fingerprint density at radius 3 is 2.15 bits per heavy atom. The third-order valence-corrected chi connectivity index (χ3v) is 3.69. The number of halogens is 5. The number of nitrogens with zero attached hydrogens (tertiary/aromatic N) is 1. The van der Waals surface area contributed by atoms with Gasteiger partial charge in [-0.2, -0.15) is 5.10 Å². The molecule has 0 saturated carbocycles. The first-order chi connectivity index (χ1) is 9.47. The number of hydrogen-bond acceptors (Lipinski definition) is 2. The monoisotopic (exact) mass is 366 g/mol. The van der Waals surface area contributed by atoms with E-state index in [9.17, 15) is 0 Å². The van der Waals surface area contributed by atoms with Gasteiger partial charge in [-0.15, -0.1) is 0 Å². The first-order valence-corrected chi connectivity index (χ1v) is 7.26. The lowest BCUT2D eigenvalue weighted by Gasteiger charge is -2.07.